The summed E-state index contributed by atoms with van der Waals surface area (Å²) in [6, 6.07) is 13.4. The first-order chi connectivity index (χ1) is 11.6. The van der Waals surface area contributed by atoms with E-state index in [1.165, 1.54) is 24.3 Å². The van der Waals surface area contributed by atoms with Gasteiger partial charge in [-0.25, -0.2) is 0 Å². The van der Waals surface area contributed by atoms with Gasteiger partial charge in [-0.3, -0.25) is 14.9 Å². The zero-order valence-electron chi connectivity index (χ0n) is 13.0. The molecular weight excluding hydrogens is 328 g/mol. The highest BCUT2D eigenvalue weighted by Crippen LogP contribution is 2.42. The SMILES string of the molecule is COc1ccccc1[C@H]1SCCN1C(=O)c1ccc([N+](=O)[O-])cc1. The number of ether oxygens (including phenoxy) is 1. The molecular formula is C17H16N2O4S. The zero-order chi connectivity index (χ0) is 17.1. The number of nitro benzene ring substituents is 1. The van der Waals surface area contributed by atoms with Crippen LogP contribution in [-0.4, -0.2) is 35.1 Å². The number of non-ortho nitro benzene ring substituents is 1. The molecule has 1 aliphatic rings. The third kappa shape index (κ3) is 3.07. The number of para-hydroxylation sites is 1. The van der Waals surface area contributed by atoms with Crippen LogP contribution in [0.4, 0.5) is 5.69 Å². The first kappa shape index (κ1) is 16.3. The lowest BCUT2D eigenvalue weighted by Crippen LogP contribution is -2.30. The fraction of sp³-hybridized carbons (Fsp3) is 0.235. The summed E-state index contributed by atoms with van der Waals surface area (Å²) in [7, 11) is 1.61. The van der Waals surface area contributed by atoms with E-state index in [1.807, 2.05) is 24.3 Å². The van der Waals surface area contributed by atoms with Crippen molar-refractivity contribution in [2.24, 2.45) is 0 Å². The average molecular weight is 344 g/mol. The Hall–Kier alpha value is -2.54. The maximum Gasteiger partial charge on any atom is 0.269 e. The Kier molecular flexibility index (Phi) is 4.71. The lowest BCUT2D eigenvalue weighted by atomic mass is 10.1. The predicted octanol–water partition coefficient (Wildman–Crippen LogP) is 3.49. The molecule has 0 aliphatic carbocycles. The zero-order valence-corrected chi connectivity index (χ0v) is 13.9. The van der Waals surface area contributed by atoms with Crippen LogP contribution in [0.1, 0.15) is 21.3 Å². The topological polar surface area (TPSA) is 72.7 Å². The van der Waals surface area contributed by atoms with Crippen LogP contribution in [0.3, 0.4) is 0 Å². The van der Waals surface area contributed by atoms with Crippen molar-refractivity contribution in [1.82, 2.24) is 4.90 Å². The van der Waals surface area contributed by atoms with Gasteiger partial charge in [0.25, 0.3) is 11.6 Å². The molecule has 2 aromatic rings. The smallest absolute Gasteiger partial charge is 0.269 e. The summed E-state index contributed by atoms with van der Waals surface area (Å²) in [4.78, 5) is 24.9. The summed E-state index contributed by atoms with van der Waals surface area (Å²) in [5, 5.41) is 10.6. The number of nitro groups is 1. The van der Waals surface area contributed by atoms with Crippen LogP contribution < -0.4 is 4.74 Å². The van der Waals surface area contributed by atoms with Crippen molar-refractivity contribution in [3.8, 4) is 5.75 Å². The molecule has 0 N–H and O–H groups in total. The molecule has 1 saturated heterocycles. The van der Waals surface area contributed by atoms with Gasteiger partial charge in [0.15, 0.2) is 0 Å². The summed E-state index contributed by atoms with van der Waals surface area (Å²) < 4.78 is 5.41. The first-order valence-electron chi connectivity index (χ1n) is 7.42. The Morgan fingerprint density at radius 1 is 1.25 bits per heavy atom. The van der Waals surface area contributed by atoms with Crippen molar-refractivity contribution in [3.63, 3.8) is 0 Å². The summed E-state index contributed by atoms with van der Waals surface area (Å²) >= 11 is 1.68. The average Bonchev–Trinajstić information content (AvgIpc) is 3.10. The van der Waals surface area contributed by atoms with Crippen LogP contribution in [-0.2, 0) is 0 Å². The number of thioether (sulfide) groups is 1. The first-order valence-corrected chi connectivity index (χ1v) is 8.46. The van der Waals surface area contributed by atoms with Crippen molar-refractivity contribution < 1.29 is 14.5 Å². The quantitative estimate of drug-likeness (QED) is 0.627. The van der Waals surface area contributed by atoms with Gasteiger partial charge in [-0.05, 0) is 18.2 Å². The number of carbonyl (C=O) groups excluding carboxylic acids is 1. The second kappa shape index (κ2) is 6.92. The second-order valence-electron chi connectivity index (χ2n) is 5.27. The van der Waals surface area contributed by atoms with Gasteiger partial charge in [0, 0.05) is 35.6 Å². The largest absolute Gasteiger partial charge is 0.496 e. The van der Waals surface area contributed by atoms with E-state index >= 15 is 0 Å². The number of carbonyl (C=O) groups is 1. The Bertz CT molecular complexity index is 763. The Labute approximate surface area is 143 Å². The lowest BCUT2D eigenvalue weighted by molar-refractivity contribution is -0.384. The predicted molar refractivity (Wildman–Crippen MR) is 92.3 cm³/mol. The molecule has 2 aromatic carbocycles. The Morgan fingerprint density at radius 2 is 1.96 bits per heavy atom. The molecule has 24 heavy (non-hydrogen) atoms. The van der Waals surface area contributed by atoms with Gasteiger partial charge in [0.05, 0.1) is 12.0 Å². The normalized spacial score (nSPS) is 16.9. The molecule has 0 unspecified atom stereocenters. The molecule has 124 valence electrons. The van der Waals surface area contributed by atoms with Gasteiger partial charge in [0.1, 0.15) is 11.1 Å². The van der Waals surface area contributed by atoms with Crippen molar-refractivity contribution in [2.75, 3.05) is 19.4 Å². The third-order valence-electron chi connectivity index (χ3n) is 3.88. The van der Waals surface area contributed by atoms with Crippen molar-refractivity contribution in [2.45, 2.75) is 5.37 Å². The molecule has 6 nitrogen and oxygen atoms in total. The summed E-state index contributed by atoms with van der Waals surface area (Å²) in [5.74, 6) is 1.45. The van der Waals surface area contributed by atoms with Crippen LogP contribution in [0.5, 0.6) is 5.75 Å². The van der Waals surface area contributed by atoms with Gasteiger partial charge < -0.3 is 9.64 Å². The highest BCUT2D eigenvalue weighted by atomic mass is 32.2. The van der Waals surface area contributed by atoms with Crippen LogP contribution in [0.15, 0.2) is 48.5 Å². The van der Waals surface area contributed by atoms with Crippen molar-refractivity contribution in [3.05, 3.63) is 69.8 Å². The van der Waals surface area contributed by atoms with Crippen LogP contribution in [0.25, 0.3) is 0 Å². The fourth-order valence-corrected chi connectivity index (χ4v) is 3.98. The summed E-state index contributed by atoms with van der Waals surface area (Å²) in [6.07, 6.45) is 0. The van der Waals surface area contributed by atoms with Gasteiger partial charge >= 0.3 is 0 Å². The number of hydrogen-bond donors (Lipinski definition) is 0. The molecule has 0 radical (unpaired) electrons. The molecule has 0 bridgehead atoms. The Morgan fingerprint density at radius 3 is 2.62 bits per heavy atom. The lowest BCUT2D eigenvalue weighted by Gasteiger charge is -2.25. The molecule has 0 saturated carbocycles. The number of hydrogen-bond acceptors (Lipinski definition) is 5. The van der Waals surface area contributed by atoms with E-state index in [4.69, 9.17) is 4.74 Å². The number of methoxy groups -OCH3 is 1. The molecule has 3 rings (SSSR count). The summed E-state index contributed by atoms with van der Waals surface area (Å²) in [6.45, 7) is 0.628. The van der Waals surface area contributed by atoms with E-state index in [9.17, 15) is 14.9 Å². The molecule has 1 aliphatic heterocycles. The number of nitrogens with zero attached hydrogens (tertiary/aromatic N) is 2. The van der Waals surface area contributed by atoms with Gasteiger partial charge in [0.2, 0.25) is 0 Å². The molecule has 1 fully saturated rings. The molecule has 7 heteroatoms. The highest BCUT2D eigenvalue weighted by Gasteiger charge is 2.33. The maximum atomic E-state index is 12.8. The minimum atomic E-state index is -0.475. The van der Waals surface area contributed by atoms with Crippen LogP contribution in [0, 0.1) is 10.1 Å². The molecule has 0 aromatic heterocycles. The number of amides is 1. The minimum Gasteiger partial charge on any atom is -0.496 e. The van der Waals surface area contributed by atoms with E-state index in [0.717, 1.165) is 17.1 Å². The Balaban J connectivity index is 1.87. The van der Waals surface area contributed by atoms with Crippen LogP contribution >= 0.6 is 11.8 Å². The van der Waals surface area contributed by atoms with E-state index in [2.05, 4.69) is 0 Å². The van der Waals surface area contributed by atoms with Gasteiger partial charge in [-0.15, -0.1) is 11.8 Å². The van der Waals surface area contributed by atoms with E-state index in [-0.39, 0.29) is 17.0 Å². The molecule has 1 heterocycles. The van der Waals surface area contributed by atoms with Crippen LogP contribution in [0.2, 0.25) is 0 Å². The molecule has 1 amide bonds. The number of benzene rings is 2. The van der Waals surface area contributed by atoms with Crippen molar-refractivity contribution in [1.29, 1.82) is 0 Å². The third-order valence-corrected chi connectivity index (χ3v) is 5.12. The standard InChI is InChI=1S/C17H16N2O4S/c1-23-15-5-3-2-4-14(15)17-18(10-11-24-17)16(20)12-6-8-13(9-7-12)19(21)22/h2-9,17H,10-11H2,1H3/t17-/m1/s1. The highest BCUT2D eigenvalue weighted by molar-refractivity contribution is 7.99. The van der Waals surface area contributed by atoms with E-state index in [1.54, 1.807) is 23.8 Å². The fourth-order valence-electron chi connectivity index (χ4n) is 2.70. The molecule has 0 spiro atoms. The van der Waals surface area contributed by atoms with E-state index in [0.29, 0.717) is 12.1 Å². The number of rotatable bonds is 4. The second-order valence-corrected chi connectivity index (χ2v) is 6.46. The van der Waals surface area contributed by atoms with E-state index < -0.39 is 4.92 Å². The minimum absolute atomic E-state index is 0.0244. The van der Waals surface area contributed by atoms with Gasteiger partial charge in [-0.2, -0.15) is 0 Å². The molecule has 1 atom stereocenters. The monoisotopic (exact) mass is 344 g/mol. The maximum absolute atomic E-state index is 12.8. The van der Waals surface area contributed by atoms with Gasteiger partial charge in [-0.1, -0.05) is 18.2 Å². The summed E-state index contributed by atoms with van der Waals surface area (Å²) in [5.41, 5.74) is 1.38. The van der Waals surface area contributed by atoms with Crippen molar-refractivity contribution >= 4 is 23.4 Å².